The van der Waals surface area contributed by atoms with Crippen molar-refractivity contribution in [3.05, 3.63) is 53.2 Å². The van der Waals surface area contributed by atoms with Crippen LogP contribution in [-0.4, -0.2) is 29.0 Å². The average Bonchev–Trinajstić information content (AvgIpc) is 2.53. The molecule has 0 fully saturated rings. The fourth-order valence-corrected chi connectivity index (χ4v) is 2.13. The Morgan fingerprint density at radius 3 is 2.73 bits per heavy atom. The van der Waals surface area contributed by atoms with Crippen LogP contribution in [0.25, 0.3) is 0 Å². The smallest absolute Gasteiger partial charge is 0.239 e. The molecule has 7 heteroatoms. The van der Waals surface area contributed by atoms with Gasteiger partial charge in [0.25, 0.3) is 0 Å². The van der Waals surface area contributed by atoms with Gasteiger partial charge in [-0.05, 0) is 24.6 Å². The van der Waals surface area contributed by atoms with Gasteiger partial charge in [0, 0.05) is 13.1 Å². The van der Waals surface area contributed by atoms with Crippen molar-refractivity contribution in [1.29, 1.82) is 0 Å². The zero-order valence-corrected chi connectivity index (χ0v) is 12.8. The normalized spacial score (nSPS) is 10.3. The van der Waals surface area contributed by atoms with Gasteiger partial charge in [0.2, 0.25) is 5.91 Å². The Hall–Kier alpha value is -2.21. The standard InChI is InChI=1S/C15H16ClFN4O/c1-2-21(15-13(16)8-18-10-20-15)9-14(22)19-7-11-3-5-12(17)6-4-11/h3-6,8,10H,2,7,9H2,1H3,(H,19,22). The molecular formula is C15H16ClFN4O. The molecule has 0 radical (unpaired) electrons. The number of rotatable bonds is 6. The SMILES string of the molecule is CCN(CC(=O)NCc1ccc(F)cc1)c1ncncc1Cl. The Kier molecular flexibility index (Phi) is 5.66. The van der Waals surface area contributed by atoms with Crippen molar-refractivity contribution in [3.8, 4) is 0 Å². The monoisotopic (exact) mass is 322 g/mol. The summed E-state index contributed by atoms with van der Waals surface area (Å²) in [7, 11) is 0. The van der Waals surface area contributed by atoms with E-state index in [2.05, 4.69) is 15.3 Å². The molecular weight excluding hydrogens is 307 g/mol. The van der Waals surface area contributed by atoms with Gasteiger partial charge in [0.1, 0.15) is 17.2 Å². The lowest BCUT2D eigenvalue weighted by Gasteiger charge is -2.21. The molecule has 0 atom stereocenters. The van der Waals surface area contributed by atoms with E-state index in [9.17, 15) is 9.18 Å². The van der Waals surface area contributed by atoms with Crippen molar-refractivity contribution < 1.29 is 9.18 Å². The van der Waals surface area contributed by atoms with Crippen molar-refractivity contribution in [3.63, 3.8) is 0 Å². The number of aromatic nitrogens is 2. The average molecular weight is 323 g/mol. The van der Waals surface area contributed by atoms with E-state index in [-0.39, 0.29) is 18.3 Å². The highest BCUT2D eigenvalue weighted by atomic mass is 35.5. The summed E-state index contributed by atoms with van der Waals surface area (Å²) in [5.41, 5.74) is 0.831. The third kappa shape index (κ3) is 4.39. The van der Waals surface area contributed by atoms with Gasteiger partial charge in [-0.25, -0.2) is 14.4 Å². The lowest BCUT2D eigenvalue weighted by molar-refractivity contribution is -0.119. The van der Waals surface area contributed by atoms with Crippen LogP contribution in [0, 0.1) is 5.82 Å². The minimum absolute atomic E-state index is 0.133. The molecule has 5 nitrogen and oxygen atoms in total. The zero-order chi connectivity index (χ0) is 15.9. The van der Waals surface area contributed by atoms with E-state index in [0.717, 1.165) is 5.56 Å². The summed E-state index contributed by atoms with van der Waals surface area (Å²) in [6.07, 6.45) is 2.88. The maximum atomic E-state index is 12.8. The third-order valence-electron chi connectivity index (χ3n) is 3.07. The Morgan fingerprint density at radius 1 is 1.36 bits per heavy atom. The van der Waals surface area contributed by atoms with Gasteiger partial charge in [-0.2, -0.15) is 0 Å². The Morgan fingerprint density at radius 2 is 2.09 bits per heavy atom. The molecule has 0 unspecified atom stereocenters. The highest BCUT2D eigenvalue weighted by Crippen LogP contribution is 2.20. The fraction of sp³-hybridized carbons (Fsp3) is 0.267. The van der Waals surface area contributed by atoms with Crippen LogP contribution in [0.3, 0.4) is 0 Å². The first-order chi connectivity index (χ1) is 10.6. The largest absolute Gasteiger partial charge is 0.350 e. The van der Waals surface area contributed by atoms with Crippen LogP contribution < -0.4 is 10.2 Å². The van der Waals surface area contributed by atoms with Gasteiger partial charge >= 0.3 is 0 Å². The molecule has 1 heterocycles. The van der Waals surface area contributed by atoms with Crippen molar-refractivity contribution >= 4 is 23.3 Å². The number of nitrogens with zero attached hydrogens (tertiary/aromatic N) is 3. The minimum Gasteiger partial charge on any atom is -0.350 e. The summed E-state index contributed by atoms with van der Waals surface area (Å²) >= 11 is 6.04. The summed E-state index contributed by atoms with van der Waals surface area (Å²) in [5.74, 6) is 0.0580. The highest BCUT2D eigenvalue weighted by Gasteiger charge is 2.14. The number of likely N-dealkylation sites (N-methyl/N-ethyl adjacent to an activating group) is 1. The Balaban J connectivity index is 1.92. The molecule has 1 N–H and O–H groups in total. The van der Waals surface area contributed by atoms with Crippen LogP contribution in [0.4, 0.5) is 10.2 Å². The molecule has 0 spiro atoms. The van der Waals surface area contributed by atoms with E-state index in [1.807, 2.05) is 6.92 Å². The molecule has 1 aromatic carbocycles. The van der Waals surface area contributed by atoms with E-state index >= 15 is 0 Å². The number of amides is 1. The van der Waals surface area contributed by atoms with E-state index in [1.165, 1.54) is 24.7 Å². The van der Waals surface area contributed by atoms with Crippen LogP contribution in [0.15, 0.2) is 36.8 Å². The molecule has 116 valence electrons. The van der Waals surface area contributed by atoms with Gasteiger partial charge in [0.05, 0.1) is 12.7 Å². The molecule has 0 aliphatic heterocycles. The highest BCUT2D eigenvalue weighted by molar-refractivity contribution is 6.32. The topological polar surface area (TPSA) is 58.1 Å². The number of carbonyl (C=O) groups excluding carboxylic acids is 1. The predicted molar refractivity (Wildman–Crippen MR) is 83.2 cm³/mol. The molecule has 0 aliphatic carbocycles. The van der Waals surface area contributed by atoms with Crippen molar-refractivity contribution in [2.24, 2.45) is 0 Å². The summed E-state index contributed by atoms with van der Waals surface area (Å²) in [6, 6.07) is 5.99. The summed E-state index contributed by atoms with van der Waals surface area (Å²) < 4.78 is 12.8. The number of nitrogens with one attached hydrogen (secondary N) is 1. The quantitative estimate of drug-likeness (QED) is 0.887. The Labute approximate surface area is 133 Å². The number of anilines is 1. The number of hydrogen-bond acceptors (Lipinski definition) is 4. The van der Waals surface area contributed by atoms with Gasteiger partial charge in [-0.1, -0.05) is 23.7 Å². The van der Waals surface area contributed by atoms with Crippen LogP contribution >= 0.6 is 11.6 Å². The van der Waals surface area contributed by atoms with Gasteiger partial charge in [-0.15, -0.1) is 0 Å². The molecule has 2 rings (SSSR count). The van der Waals surface area contributed by atoms with Gasteiger partial charge < -0.3 is 10.2 Å². The first kappa shape index (κ1) is 16.2. The van der Waals surface area contributed by atoms with Crippen LogP contribution in [-0.2, 0) is 11.3 Å². The molecule has 2 aromatic rings. The fourth-order valence-electron chi connectivity index (χ4n) is 1.91. The molecule has 0 saturated carbocycles. The van der Waals surface area contributed by atoms with E-state index in [0.29, 0.717) is 23.9 Å². The van der Waals surface area contributed by atoms with Crippen molar-refractivity contribution in [2.45, 2.75) is 13.5 Å². The Bertz CT molecular complexity index is 636. The van der Waals surface area contributed by atoms with Crippen LogP contribution in [0.1, 0.15) is 12.5 Å². The number of benzene rings is 1. The number of hydrogen-bond donors (Lipinski definition) is 1. The molecule has 1 aromatic heterocycles. The van der Waals surface area contributed by atoms with Crippen molar-refractivity contribution in [2.75, 3.05) is 18.0 Å². The lowest BCUT2D eigenvalue weighted by Crippen LogP contribution is -2.37. The van der Waals surface area contributed by atoms with Gasteiger partial charge in [0.15, 0.2) is 5.82 Å². The summed E-state index contributed by atoms with van der Waals surface area (Å²) in [5, 5.41) is 3.18. The molecule has 0 aliphatic rings. The number of carbonyl (C=O) groups is 1. The third-order valence-corrected chi connectivity index (χ3v) is 3.33. The maximum absolute atomic E-state index is 12.8. The molecule has 1 amide bonds. The molecule has 0 bridgehead atoms. The molecule has 22 heavy (non-hydrogen) atoms. The van der Waals surface area contributed by atoms with E-state index in [1.54, 1.807) is 17.0 Å². The second kappa shape index (κ2) is 7.70. The first-order valence-corrected chi connectivity index (χ1v) is 7.19. The minimum atomic E-state index is -0.300. The summed E-state index contributed by atoms with van der Waals surface area (Å²) in [6.45, 7) is 2.97. The van der Waals surface area contributed by atoms with Crippen LogP contribution in [0.5, 0.6) is 0 Å². The first-order valence-electron chi connectivity index (χ1n) is 6.81. The van der Waals surface area contributed by atoms with Crippen LogP contribution in [0.2, 0.25) is 5.02 Å². The molecule has 0 saturated heterocycles. The second-order valence-electron chi connectivity index (χ2n) is 4.61. The van der Waals surface area contributed by atoms with E-state index in [4.69, 9.17) is 11.6 Å². The lowest BCUT2D eigenvalue weighted by atomic mass is 10.2. The second-order valence-corrected chi connectivity index (χ2v) is 5.02. The van der Waals surface area contributed by atoms with Crippen molar-refractivity contribution in [1.82, 2.24) is 15.3 Å². The summed E-state index contributed by atoms with van der Waals surface area (Å²) in [4.78, 5) is 21.7. The zero-order valence-electron chi connectivity index (χ0n) is 12.1. The predicted octanol–water partition coefficient (Wildman–Crippen LogP) is 2.41. The maximum Gasteiger partial charge on any atom is 0.239 e. The van der Waals surface area contributed by atoms with E-state index < -0.39 is 0 Å². The van der Waals surface area contributed by atoms with Gasteiger partial charge in [-0.3, -0.25) is 4.79 Å². The number of halogens is 2.